The fourth-order valence-electron chi connectivity index (χ4n) is 1.40. The Balaban J connectivity index is 2.94. The topological polar surface area (TPSA) is 84.9 Å². The van der Waals surface area contributed by atoms with Gasteiger partial charge in [0.25, 0.3) is 0 Å². The van der Waals surface area contributed by atoms with Crippen LogP contribution >= 0.6 is 0 Å². The Bertz CT molecular complexity index is 343. The molecule has 0 radical (unpaired) electrons. The fraction of sp³-hybridized carbons (Fsp3) is 0.400. The third-order valence-electron chi connectivity index (χ3n) is 2.16. The smallest absolute Gasteiger partial charge is 0.334 e. The summed E-state index contributed by atoms with van der Waals surface area (Å²) >= 11 is 0. The Morgan fingerprint density at radius 1 is 1.50 bits per heavy atom. The molecular formula is C10H13NO5. The molecule has 0 bridgehead atoms. The molecule has 6 heteroatoms. The SMILES string of the molecule is COC(OC)C1=CC=C(C(=O)O)C(C=O)N1. The lowest BCUT2D eigenvalue weighted by Crippen LogP contribution is -2.41. The van der Waals surface area contributed by atoms with E-state index in [0.29, 0.717) is 12.0 Å². The van der Waals surface area contributed by atoms with Crippen molar-refractivity contribution in [3.8, 4) is 0 Å². The molecule has 0 fully saturated rings. The van der Waals surface area contributed by atoms with Crippen molar-refractivity contribution in [2.45, 2.75) is 12.3 Å². The number of aldehydes is 1. The molecule has 0 aromatic carbocycles. The van der Waals surface area contributed by atoms with Crippen molar-refractivity contribution in [3.05, 3.63) is 23.4 Å². The summed E-state index contributed by atoms with van der Waals surface area (Å²) in [5, 5.41) is 11.6. The monoisotopic (exact) mass is 227 g/mol. The molecule has 0 aromatic rings. The van der Waals surface area contributed by atoms with E-state index in [1.165, 1.54) is 26.4 Å². The second kappa shape index (κ2) is 5.43. The third kappa shape index (κ3) is 2.47. The summed E-state index contributed by atoms with van der Waals surface area (Å²) in [6, 6.07) is -0.884. The lowest BCUT2D eigenvalue weighted by Gasteiger charge is -2.25. The van der Waals surface area contributed by atoms with Crippen molar-refractivity contribution in [3.63, 3.8) is 0 Å². The molecular weight excluding hydrogens is 214 g/mol. The maximum absolute atomic E-state index is 10.8. The summed E-state index contributed by atoms with van der Waals surface area (Å²) in [5.74, 6) is -1.13. The molecule has 16 heavy (non-hydrogen) atoms. The first kappa shape index (κ1) is 12.4. The van der Waals surface area contributed by atoms with Crippen LogP contribution in [0, 0.1) is 0 Å². The molecule has 1 atom stereocenters. The lowest BCUT2D eigenvalue weighted by atomic mass is 10.0. The molecule has 2 N–H and O–H groups in total. The van der Waals surface area contributed by atoms with Crippen LogP contribution in [0.25, 0.3) is 0 Å². The molecule has 1 aliphatic rings. The Morgan fingerprint density at radius 2 is 2.12 bits per heavy atom. The standard InChI is InChI=1S/C10H13NO5/c1-15-10(16-2)7-4-3-6(9(13)14)8(5-12)11-7/h3-5,8,10-11H,1-2H3,(H,13,14). The van der Waals surface area contributed by atoms with Crippen LogP contribution in [0.1, 0.15) is 0 Å². The van der Waals surface area contributed by atoms with Crippen molar-refractivity contribution in [2.75, 3.05) is 14.2 Å². The van der Waals surface area contributed by atoms with E-state index in [4.69, 9.17) is 14.6 Å². The highest BCUT2D eigenvalue weighted by Crippen LogP contribution is 2.14. The average molecular weight is 227 g/mol. The predicted octanol–water partition coefficient (Wildman–Crippen LogP) is -0.329. The van der Waals surface area contributed by atoms with Crippen LogP contribution in [0.3, 0.4) is 0 Å². The fourth-order valence-corrected chi connectivity index (χ4v) is 1.40. The van der Waals surface area contributed by atoms with Crippen molar-refractivity contribution < 1.29 is 24.2 Å². The summed E-state index contributed by atoms with van der Waals surface area (Å²) in [6.07, 6.45) is 2.75. The second-order valence-electron chi connectivity index (χ2n) is 3.11. The molecule has 1 aliphatic heterocycles. The molecule has 0 aromatic heterocycles. The number of methoxy groups -OCH3 is 2. The number of hydrogen-bond donors (Lipinski definition) is 2. The highest BCUT2D eigenvalue weighted by molar-refractivity contribution is 5.94. The molecule has 0 aliphatic carbocycles. The summed E-state index contributed by atoms with van der Waals surface area (Å²) in [5.41, 5.74) is 0.497. The zero-order chi connectivity index (χ0) is 12.1. The van der Waals surface area contributed by atoms with Gasteiger partial charge in [0.1, 0.15) is 12.3 Å². The number of dihydropyridines is 1. The number of aliphatic carboxylic acids is 1. The lowest BCUT2D eigenvalue weighted by molar-refractivity contribution is -0.133. The minimum atomic E-state index is -1.13. The van der Waals surface area contributed by atoms with Gasteiger partial charge in [0.15, 0.2) is 6.29 Å². The van der Waals surface area contributed by atoms with Crippen molar-refractivity contribution in [2.24, 2.45) is 0 Å². The number of allylic oxidation sites excluding steroid dienone is 2. The summed E-state index contributed by atoms with van der Waals surface area (Å²) in [7, 11) is 2.89. The molecule has 1 unspecified atom stereocenters. The van der Waals surface area contributed by atoms with Gasteiger partial charge in [-0.05, 0) is 12.2 Å². The first-order chi connectivity index (χ1) is 7.63. The Morgan fingerprint density at radius 3 is 2.56 bits per heavy atom. The van der Waals surface area contributed by atoms with E-state index in [1.807, 2.05) is 0 Å². The molecule has 6 nitrogen and oxygen atoms in total. The van der Waals surface area contributed by atoms with Gasteiger partial charge in [0, 0.05) is 14.2 Å². The Kier molecular flexibility index (Phi) is 4.21. The number of carbonyl (C=O) groups excluding carboxylic acids is 1. The number of nitrogens with one attached hydrogen (secondary N) is 1. The van der Waals surface area contributed by atoms with Gasteiger partial charge in [0.2, 0.25) is 0 Å². The maximum Gasteiger partial charge on any atom is 0.334 e. The second-order valence-corrected chi connectivity index (χ2v) is 3.11. The van der Waals surface area contributed by atoms with Gasteiger partial charge in [-0.2, -0.15) is 0 Å². The number of carbonyl (C=O) groups is 2. The molecule has 0 amide bonds. The van der Waals surface area contributed by atoms with E-state index >= 15 is 0 Å². The van der Waals surface area contributed by atoms with Gasteiger partial charge >= 0.3 is 5.97 Å². The molecule has 0 saturated heterocycles. The molecule has 88 valence electrons. The van der Waals surface area contributed by atoms with Crippen LogP contribution in [0.15, 0.2) is 23.4 Å². The van der Waals surface area contributed by atoms with Gasteiger partial charge in [-0.3, -0.25) is 0 Å². The van der Waals surface area contributed by atoms with E-state index in [-0.39, 0.29) is 5.57 Å². The highest BCUT2D eigenvalue weighted by atomic mass is 16.7. The van der Waals surface area contributed by atoms with Crippen molar-refractivity contribution in [1.82, 2.24) is 5.32 Å². The zero-order valence-corrected chi connectivity index (χ0v) is 8.97. The molecule has 0 spiro atoms. The van der Waals surface area contributed by atoms with Crippen LogP contribution < -0.4 is 5.32 Å². The quantitative estimate of drug-likeness (QED) is 0.494. The number of carboxylic acid groups (broad SMARTS) is 1. The van der Waals surface area contributed by atoms with Gasteiger partial charge in [0.05, 0.1) is 11.3 Å². The van der Waals surface area contributed by atoms with Crippen LogP contribution in [-0.4, -0.2) is 43.9 Å². The van der Waals surface area contributed by atoms with Crippen LogP contribution in [-0.2, 0) is 19.1 Å². The summed E-state index contributed by atoms with van der Waals surface area (Å²) in [6.45, 7) is 0. The number of rotatable bonds is 5. The van der Waals surface area contributed by atoms with Crippen molar-refractivity contribution in [1.29, 1.82) is 0 Å². The van der Waals surface area contributed by atoms with Gasteiger partial charge in [-0.25, -0.2) is 4.79 Å². The van der Waals surface area contributed by atoms with Crippen LogP contribution in [0.2, 0.25) is 0 Å². The van der Waals surface area contributed by atoms with Crippen LogP contribution in [0.4, 0.5) is 0 Å². The number of hydrogen-bond acceptors (Lipinski definition) is 5. The van der Waals surface area contributed by atoms with Gasteiger partial charge in [-0.1, -0.05) is 0 Å². The largest absolute Gasteiger partial charge is 0.478 e. The maximum atomic E-state index is 10.8. The zero-order valence-electron chi connectivity index (χ0n) is 8.97. The molecule has 1 heterocycles. The normalized spacial score (nSPS) is 19.8. The van der Waals surface area contributed by atoms with E-state index in [2.05, 4.69) is 5.32 Å². The van der Waals surface area contributed by atoms with Gasteiger partial charge < -0.3 is 24.7 Å². The van der Waals surface area contributed by atoms with E-state index in [1.54, 1.807) is 0 Å². The first-order valence-corrected chi connectivity index (χ1v) is 4.56. The predicted molar refractivity (Wildman–Crippen MR) is 54.6 cm³/mol. The van der Waals surface area contributed by atoms with E-state index in [9.17, 15) is 9.59 Å². The van der Waals surface area contributed by atoms with E-state index < -0.39 is 18.3 Å². The third-order valence-corrected chi connectivity index (χ3v) is 2.16. The minimum absolute atomic E-state index is 0.00953. The summed E-state index contributed by atoms with van der Waals surface area (Å²) < 4.78 is 9.96. The highest BCUT2D eigenvalue weighted by Gasteiger charge is 2.26. The van der Waals surface area contributed by atoms with E-state index in [0.717, 1.165) is 0 Å². The first-order valence-electron chi connectivity index (χ1n) is 4.56. The van der Waals surface area contributed by atoms with Gasteiger partial charge in [-0.15, -0.1) is 0 Å². The number of ether oxygens (including phenoxy) is 2. The molecule has 0 saturated carbocycles. The van der Waals surface area contributed by atoms with Crippen molar-refractivity contribution >= 4 is 12.3 Å². The summed E-state index contributed by atoms with van der Waals surface area (Å²) in [4.78, 5) is 21.5. The minimum Gasteiger partial charge on any atom is -0.478 e. The Labute approximate surface area is 92.5 Å². The number of carboxylic acids is 1. The molecule has 1 rings (SSSR count). The average Bonchev–Trinajstić information content (AvgIpc) is 2.30. The van der Waals surface area contributed by atoms with Crippen LogP contribution in [0.5, 0.6) is 0 Å². The Hall–Kier alpha value is -1.66.